The van der Waals surface area contributed by atoms with Gasteiger partial charge < -0.3 is 24.8 Å². The second kappa shape index (κ2) is 8.20. The van der Waals surface area contributed by atoms with Gasteiger partial charge in [0.25, 0.3) is 11.8 Å². The van der Waals surface area contributed by atoms with Crippen LogP contribution >= 0.6 is 11.6 Å². The van der Waals surface area contributed by atoms with Crippen molar-refractivity contribution in [1.82, 2.24) is 10.6 Å². The second-order valence-corrected chi connectivity index (χ2v) is 9.38. The molecule has 7 nitrogen and oxygen atoms in total. The first kappa shape index (κ1) is 20.9. The minimum absolute atomic E-state index is 0.0321. The van der Waals surface area contributed by atoms with Gasteiger partial charge in [-0.15, -0.1) is 0 Å². The Morgan fingerprint density at radius 3 is 2.16 bits per heavy atom. The van der Waals surface area contributed by atoms with Gasteiger partial charge in [-0.3, -0.25) is 9.59 Å². The van der Waals surface area contributed by atoms with Gasteiger partial charge in [0.15, 0.2) is 13.2 Å². The van der Waals surface area contributed by atoms with Crippen molar-refractivity contribution in [1.29, 1.82) is 0 Å². The number of fused-ring (bicyclic) bond motifs is 1. The third-order valence-corrected chi connectivity index (χ3v) is 6.52. The van der Waals surface area contributed by atoms with E-state index in [0.717, 1.165) is 50.0 Å². The molecule has 3 saturated carbocycles. The Labute approximate surface area is 191 Å². The average Bonchev–Trinajstić information content (AvgIpc) is 2.75. The summed E-state index contributed by atoms with van der Waals surface area (Å²) < 4.78 is 16.8. The lowest BCUT2D eigenvalue weighted by atomic mass is 9.44. The molecule has 2 amide bonds. The van der Waals surface area contributed by atoms with E-state index in [1.54, 1.807) is 24.3 Å². The molecule has 1 heterocycles. The van der Waals surface area contributed by atoms with Crippen molar-refractivity contribution in [2.24, 2.45) is 0 Å². The SMILES string of the molecule is O=C(COc1ccc(Cl)cc1)NC12CC(NC(=O)COc3ccc4c(c3)CCCO4)(C1)C2. The topological polar surface area (TPSA) is 85.9 Å². The summed E-state index contributed by atoms with van der Waals surface area (Å²) in [6.07, 6.45) is 4.14. The highest BCUT2D eigenvalue weighted by Crippen LogP contribution is 2.60. The predicted molar refractivity (Wildman–Crippen MR) is 118 cm³/mol. The fourth-order valence-corrected chi connectivity index (χ4v) is 5.10. The summed E-state index contributed by atoms with van der Waals surface area (Å²) >= 11 is 5.84. The number of rotatable bonds is 8. The van der Waals surface area contributed by atoms with Crippen molar-refractivity contribution in [3.63, 3.8) is 0 Å². The summed E-state index contributed by atoms with van der Waals surface area (Å²) in [6.45, 7) is 0.660. The molecule has 0 aromatic heterocycles. The summed E-state index contributed by atoms with van der Waals surface area (Å²) in [5.74, 6) is 1.85. The molecule has 0 unspecified atom stereocenters. The minimum Gasteiger partial charge on any atom is -0.493 e. The van der Waals surface area contributed by atoms with E-state index in [1.165, 1.54) is 0 Å². The average molecular weight is 457 g/mol. The molecule has 2 N–H and O–H groups in total. The predicted octanol–water partition coefficient (Wildman–Crippen LogP) is 3.03. The summed E-state index contributed by atoms with van der Waals surface area (Å²) in [5, 5.41) is 6.73. The van der Waals surface area contributed by atoms with Crippen LogP contribution in [0.25, 0.3) is 0 Å². The normalized spacial score (nSPS) is 24.7. The minimum atomic E-state index is -0.229. The van der Waals surface area contributed by atoms with Gasteiger partial charge in [-0.2, -0.15) is 0 Å². The number of amides is 2. The highest BCUT2D eigenvalue weighted by molar-refractivity contribution is 6.30. The lowest BCUT2D eigenvalue weighted by Crippen LogP contribution is -2.84. The largest absolute Gasteiger partial charge is 0.493 e. The molecule has 0 saturated heterocycles. The van der Waals surface area contributed by atoms with Crippen molar-refractivity contribution in [3.05, 3.63) is 53.1 Å². The van der Waals surface area contributed by atoms with Gasteiger partial charge >= 0.3 is 0 Å². The summed E-state index contributed by atoms with van der Waals surface area (Å²) in [6, 6.07) is 12.5. The second-order valence-electron chi connectivity index (χ2n) is 8.94. The third-order valence-electron chi connectivity index (χ3n) is 6.27. The Balaban J connectivity index is 1.03. The van der Waals surface area contributed by atoms with Crippen LogP contribution in [0.1, 0.15) is 31.2 Å². The highest BCUT2D eigenvalue weighted by atomic mass is 35.5. The third kappa shape index (κ3) is 4.35. The van der Waals surface area contributed by atoms with Crippen molar-refractivity contribution in [2.75, 3.05) is 19.8 Å². The number of ether oxygens (including phenoxy) is 3. The molecule has 0 spiro atoms. The van der Waals surface area contributed by atoms with Gasteiger partial charge in [0, 0.05) is 16.1 Å². The zero-order valence-corrected chi connectivity index (χ0v) is 18.4. The monoisotopic (exact) mass is 456 g/mol. The van der Waals surface area contributed by atoms with E-state index in [-0.39, 0.29) is 36.1 Å². The maximum atomic E-state index is 12.4. The molecule has 0 radical (unpaired) electrons. The maximum Gasteiger partial charge on any atom is 0.258 e. The number of nitrogens with one attached hydrogen (secondary N) is 2. The molecular weight excluding hydrogens is 432 g/mol. The molecule has 8 heteroatoms. The highest BCUT2D eigenvalue weighted by Gasteiger charge is 2.69. The van der Waals surface area contributed by atoms with Crippen LogP contribution < -0.4 is 24.8 Å². The summed E-state index contributed by atoms with van der Waals surface area (Å²) in [7, 11) is 0. The Bertz CT molecular complexity index is 1020. The first-order chi connectivity index (χ1) is 15.4. The van der Waals surface area contributed by atoms with Crippen molar-refractivity contribution in [2.45, 2.75) is 43.2 Å². The number of carbonyl (C=O) groups is 2. The van der Waals surface area contributed by atoms with Crippen LogP contribution in [0.5, 0.6) is 17.2 Å². The zero-order chi connectivity index (χ0) is 22.2. The number of carbonyl (C=O) groups excluding carboxylic acids is 2. The van der Waals surface area contributed by atoms with Crippen LogP contribution in [0.2, 0.25) is 5.02 Å². The smallest absolute Gasteiger partial charge is 0.258 e. The molecule has 4 aliphatic rings. The van der Waals surface area contributed by atoms with Gasteiger partial charge in [-0.25, -0.2) is 0 Å². The van der Waals surface area contributed by atoms with E-state index in [4.69, 9.17) is 25.8 Å². The van der Waals surface area contributed by atoms with Crippen LogP contribution in [-0.4, -0.2) is 42.7 Å². The van der Waals surface area contributed by atoms with Crippen LogP contribution in [0.4, 0.5) is 0 Å². The lowest BCUT2D eigenvalue weighted by molar-refractivity contribution is -0.151. The fraction of sp³-hybridized carbons (Fsp3) is 0.417. The van der Waals surface area contributed by atoms with E-state index < -0.39 is 0 Å². The van der Waals surface area contributed by atoms with Crippen LogP contribution in [0.15, 0.2) is 42.5 Å². The van der Waals surface area contributed by atoms with E-state index in [9.17, 15) is 9.59 Å². The van der Waals surface area contributed by atoms with E-state index >= 15 is 0 Å². The standard InChI is InChI=1S/C24H25ClN2O5/c25-17-3-5-18(6-4-17)31-11-21(28)26-23-13-24(14-23,15-23)27-22(29)12-32-19-7-8-20-16(10-19)2-1-9-30-20/h3-8,10H,1-2,9,11-15H2,(H,26,28)(H,27,29). The molecule has 2 aromatic carbocycles. The van der Waals surface area contributed by atoms with Crippen LogP contribution in [0, 0.1) is 0 Å². The molecule has 1 aliphatic heterocycles. The van der Waals surface area contributed by atoms with Gasteiger partial charge in [0.2, 0.25) is 0 Å². The van der Waals surface area contributed by atoms with Gasteiger partial charge in [-0.1, -0.05) is 11.6 Å². The van der Waals surface area contributed by atoms with Crippen molar-refractivity contribution in [3.8, 4) is 17.2 Å². The molecular formula is C24H25ClN2O5. The molecule has 168 valence electrons. The van der Waals surface area contributed by atoms with Gasteiger partial charge in [0.1, 0.15) is 17.2 Å². The Hall–Kier alpha value is -2.93. The summed E-state index contributed by atoms with van der Waals surface area (Å²) in [5.41, 5.74) is 0.660. The zero-order valence-electron chi connectivity index (χ0n) is 17.6. The van der Waals surface area contributed by atoms with Crippen LogP contribution in [-0.2, 0) is 16.0 Å². The molecule has 2 bridgehead atoms. The van der Waals surface area contributed by atoms with E-state index in [2.05, 4.69) is 10.6 Å². The number of hydrogen-bond acceptors (Lipinski definition) is 5. The van der Waals surface area contributed by atoms with E-state index in [0.29, 0.717) is 16.5 Å². The van der Waals surface area contributed by atoms with Crippen LogP contribution in [0.3, 0.4) is 0 Å². The quantitative estimate of drug-likeness (QED) is 0.637. The van der Waals surface area contributed by atoms with Crippen molar-refractivity contribution >= 4 is 23.4 Å². The molecule has 3 fully saturated rings. The van der Waals surface area contributed by atoms with Crippen molar-refractivity contribution < 1.29 is 23.8 Å². The number of aryl methyl sites for hydroxylation is 1. The van der Waals surface area contributed by atoms with Gasteiger partial charge in [0.05, 0.1) is 6.61 Å². The summed E-state index contributed by atoms with van der Waals surface area (Å²) in [4.78, 5) is 24.6. The molecule has 0 atom stereocenters. The number of hydrogen-bond donors (Lipinski definition) is 2. The molecule has 6 rings (SSSR count). The molecule has 2 aromatic rings. The number of halogens is 1. The maximum absolute atomic E-state index is 12.4. The number of benzene rings is 2. The molecule has 32 heavy (non-hydrogen) atoms. The van der Waals surface area contributed by atoms with Gasteiger partial charge in [-0.05, 0) is 80.1 Å². The Kier molecular flexibility index (Phi) is 5.37. The fourth-order valence-electron chi connectivity index (χ4n) is 4.97. The lowest BCUT2D eigenvalue weighted by Gasteiger charge is -2.70. The first-order valence-electron chi connectivity index (χ1n) is 10.8. The molecule has 3 aliphatic carbocycles. The Morgan fingerprint density at radius 2 is 1.50 bits per heavy atom. The first-order valence-corrected chi connectivity index (χ1v) is 11.2. The van der Waals surface area contributed by atoms with E-state index in [1.807, 2.05) is 18.2 Å². The Morgan fingerprint density at radius 1 is 0.906 bits per heavy atom.